The molecule has 0 bridgehead atoms. The minimum Gasteiger partial charge on any atom is -0.335 e. The molecule has 8 heteroatoms. The van der Waals surface area contributed by atoms with Crippen LogP contribution in [0.5, 0.6) is 0 Å². The minimum absolute atomic E-state index is 0.117. The number of sulfone groups is 1. The van der Waals surface area contributed by atoms with E-state index in [1.807, 2.05) is 0 Å². The first-order valence-corrected chi connectivity index (χ1v) is 10.9. The van der Waals surface area contributed by atoms with Gasteiger partial charge in [0.15, 0.2) is 9.84 Å². The molecule has 2 amide bonds. The van der Waals surface area contributed by atoms with Gasteiger partial charge in [0.25, 0.3) is 11.8 Å². The standard InChI is InChI=1S/C20H21FN2O4S/c1-28(26,27)14-15-3-2-4-17(13-15)20(25)23-11-9-22(10-12-23)19(24)16-5-7-18(21)8-6-16/h2-8,13H,9-12,14H2,1H3. The van der Waals surface area contributed by atoms with E-state index in [9.17, 15) is 22.4 Å². The van der Waals surface area contributed by atoms with Crippen LogP contribution in [0.25, 0.3) is 0 Å². The van der Waals surface area contributed by atoms with Crippen molar-refractivity contribution in [1.29, 1.82) is 0 Å². The maximum absolute atomic E-state index is 13.0. The van der Waals surface area contributed by atoms with Crippen LogP contribution in [0.2, 0.25) is 0 Å². The Balaban J connectivity index is 1.63. The zero-order valence-corrected chi connectivity index (χ0v) is 16.3. The quantitative estimate of drug-likeness (QED) is 0.781. The van der Waals surface area contributed by atoms with Crippen molar-refractivity contribution in [1.82, 2.24) is 9.80 Å². The number of halogens is 1. The van der Waals surface area contributed by atoms with Crippen LogP contribution in [0.3, 0.4) is 0 Å². The van der Waals surface area contributed by atoms with E-state index in [0.717, 1.165) is 6.26 Å². The zero-order chi connectivity index (χ0) is 20.3. The third-order valence-electron chi connectivity index (χ3n) is 4.55. The molecule has 0 radical (unpaired) electrons. The molecule has 1 aliphatic rings. The molecule has 2 aromatic carbocycles. The van der Waals surface area contributed by atoms with Crippen molar-refractivity contribution in [3.8, 4) is 0 Å². The molecule has 1 aliphatic heterocycles. The Morgan fingerprint density at radius 3 is 1.96 bits per heavy atom. The molecule has 0 unspecified atom stereocenters. The fourth-order valence-electron chi connectivity index (χ4n) is 3.17. The first-order valence-electron chi connectivity index (χ1n) is 8.84. The topological polar surface area (TPSA) is 74.8 Å². The van der Waals surface area contributed by atoms with Crippen LogP contribution < -0.4 is 0 Å². The third kappa shape index (κ3) is 4.95. The summed E-state index contributed by atoms with van der Waals surface area (Å²) < 4.78 is 35.9. The Hall–Kier alpha value is -2.74. The van der Waals surface area contributed by atoms with Crippen molar-refractivity contribution in [2.45, 2.75) is 5.75 Å². The molecule has 28 heavy (non-hydrogen) atoms. The van der Waals surface area contributed by atoms with Gasteiger partial charge < -0.3 is 9.80 Å². The van der Waals surface area contributed by atoms with E-state index in [-0.39, 0.29) is 17.6 Å². The highest BCUT2D eigenvalue weighted by molar-refractivity contribution is 7.89. The van der Waals surface area contributed by atoms with Gasteiger partial charge in [0.1, 0.15) is 5.82 Å². The molecule has 148 valence electrons. The normalized spacial score (nSPS) is 14.8. The van der Waals surface area contributed by atoms with E-state index in [1.54, 1.807) is 34.1 Å². The second-order valence-electron chi connectivity index (χ2n) is 6.86. The van der Waals surface area contributed by atoms with Crippen LogP contribution in [0.1, 0.15) is 26.3 Å². The summed E-state index contributed by atoms with van der Waals surface area (Å²) in [4.78, 5) is 28.5. The Morgan fingerprint density at radius 2 is 1.43 bits per heavy atom. The van der Waals surface area contributed by atoms with Crippen molar-refractivity contribution in [2.24, 2.45) is 0 Å². The number of nitrogens with zero attached hydrogens (tertiary/aromatic N) is 2. The van der Waals surface area contributed by atoms with Gasteiger partial charge in [-0.25, -0.2) is 12.8 Å². The third-order valence-corrected chi connectivity index (χ3v) is 5.41. The lowest BCUT2D eigenvalue weighted by atomic mass is 10.1. The van der Waals surface area contributed by atoms with Gasteiger partial charge in [0, 0.05) is 43.6 Å². The van der Waals surface area contributed by atoms with Gasteiger partial charge in [-0.2, -0.15) is 0 Å². The predicted octanol–water partition coefficient (Wildman–Crippen LogP) is 1.97. The zero-order valence-electron chi connectivity index (χ0n) is 15.5. The summed E-state index contributed by atoms with van der Waals surface area (Å²) in [5.74, 6) is -0.898. The summed E-state index contributed by atoms with van der Waals surface area (Å²) in [5.41, 5.74) is 1.41. The number of rotatable bonds is 4. The molecule has 0 aromatic heterocycles. The maximum Gasteiger partial charge on any atom is 0.253 e. The van der Waals surface area contributed by atoms with Crippen LogP contribution in [0.4, 0.5) is 4.39 Å². The van der Waals surface area contributed by atoms with E-state index in [0.29, 0.717) is 42.9 Å². The number of carbonyl (C=O) groups is 2. The molecule has 0 spiro atoms. The van der Waals surface area contributed by atoms with Crippen molar-refractivity contribution in [2.75, 3.05) is 32.4 Å². The Labute approximate surface area is 163 Å². The Bertz CT molecular complexity index is 982. The predicted molar refractivity (Wildman–Crippen MR) is 103 cm³/mol. The molecule has 0 aliphatic carbocycles. The number of hydrogen-bond donors (Lipinski definition) is 0. The van der Waals surface area contributed by atoms with E-state index in [4.69, 9.17) is 0 Å². The van der Waals surface area contributed by atoms with Crippen LogP contribution in [-0.4, -0.2) is 62.5 Å². The van der Waals surface area contributed by atoms with E-state index in [1.165, 1.54) is 24.3 Å². The second kappa shape index (κ2) is 8.10. The van der Waals surface area contributed by atoms with Gasteiger partial charge in [0.05, 0.1) is 5.75 Å². The van der Waals surface area contributed by atoms with Crippen molar-refractivity contribution >= 4 is 21.7 Å². The van der Waals surface area contributed by atoms with Gasteiger partial charge in [-0.05, 0) is 42.0 Å². The number of hydrogen-bond acceptors (Lipinski definition) is 4. The highest BCUT2D eigenvalue weighted by Gasteiger charge is 2.25. The number of benzene rings is 2. The Morgan fingerprint density at radius 1 is 0.893 bits per heavy atom. The van der Waals surface area contributed by atoms with Gasteiger partial charge in [-0.1, -0.05) is 12.1 Å². The minimum atomic E-state index is -3.18. The van der Waals surface area contributed by atoms with Crippen LogP contribution in [-0.2, 0) is 15.6 Å². The largest absolute Gasteiger partial charge is 0.335 e. The summed E-state index contributed by atoms with van der Waals surface area (Å²) in [6, 6.07) is 12.0. The summed E-state index contributed by atoms with van der Waals surface area (Å²) in [7, 11) is -3.18. The molecular formula is C20H21FN2O4S. The highest BCUT2D eigenvalue weighted by atomic mass is 32.2. The monoisotopic (exact) mass is 404 g/mol. The van der Waals surface area contributed by atoms with Crippen LogP contribution >= 0.6 is 0 Å². The number of piperazine rings is 1. The molecule has 6 nitrogen and oxygen atoms in total. The van der Waals surface area contributed by atoms with Gasteiger partial charge in [0.2, 0.25) is 0 Å². The van der Waals surface area contributed by atoms with Gasteiger partial charge in [-0.15, -0.1) is 0 Å². The lowest BCUT2D eigenvalue weighted by molar-refractivity contribution is 0.0535. The fraction of sp³-hybridized carbons (Fsp3) is 0.300. The first-order chi connectivity index (χ1) is 13.2. The van der Waals surface area contributed by atoms with E-state index >= 15 is 0 Å². The molecular weight excluding hydrogens is 383 g/mol. The molecule has 1 saturated heterocycles. The number of amides is 2. The maximum atomic E-state index is 13.0. The molecule has 1 heterocycles. The summed E-state index contributed by atoms with van der Waals surface area (Å²) in [6.07, 6.45) is 1.15. The van der Waals surface area contributed by atoms with Crippen molar-refractivity contribution < 1.29 is 22.4 Å². The number of carbonyl (C=O) groups excluding carboxylic acids is 2. The Kier molecular flexibility index (Phi) is 5.79. The summed E-state index contributed by atoms with van der Waals surface area (Å²) in [5, 5.41) is 0. The lowest BCUT2D eigenvalue weighted by Crippen LogP contribution is -2.50. The summed E-state index contributed by atoms with van der Waals surface area (Å²) >= 11 is 0. The SMILES string of the molecule is CS(=O)(=O)Cc1cccc(C(=O)N2CCN(C(=O)c3ccc(F)cc3)CC2)c1. The van der Waals surface area contributed by atoms with Gasteiger partial charge in [-0.3, -0.25) is 9.59 Å². The molecule has 0 atom stereocenters. The van der Waals surface area contributed by atoms with Crippen LogP contribution in [0, 0.1) is 5.82 Å². The fourth-order valence-corrected chi connectivity index (χ4v) is 3.95. The average Bonchev–Trinajstić information content (AvgIpc) is 2.66. The van der Waals surface area contributed by atoms with Crippen molar-refractivity contribution in [3.05, 3.63) is 71.0 Å². The average molecular weight is 404 g/mol. The molecule has 1 fully saturated rings. The molecule has 2 aromatic rings. The van der Waals surface area contributed by atoms with E-state index < -0.39 is 15.7 Å². The smallest absolute Gasteiger partial charge is 0.253 e. The van der Waals surface area contributed by atoms with E-state index in [2.05, 4.69) is 0 Å². The van der Waals surface area contributed by atoms with Crippen LogP contribution in [0.15, 0.2) is 48.5 Å². The van der Waals surface area contributed by atoms with Crippen molar-refractivity contribution in [3.63, 3.8) is 0 Å². The molecule has 3 rings (SSSR count). The van der Waals surface area contributed by atoms with Gasteiger partial charge >= 0.3 is 0 Å². The first kappa shape index (κ1) is 20.0. The lowest BCUT2D eigenvalue weighted by Gasteiger charge is -2.35. The molecule has 0 saturated carbocycles. The highest BCUT2D eigenvalue weighted by Crippen LogP contribution is 2.14. The second-order valence-corrected chi connectivity index (χ2v) is 9.00. The summed E-state index contributed by atoms with van der Waals surface area (Å²) in [6.45, 7) is 1.51. The molecule has 0 N–H and O–H groups in total.